The summed E-state index contributed by atoms with van der Waals surface area (Å²) in [5, 5.41) is 0.536. The van der Waals surface area contributed by atoms with Crippen molar-refractivity contribution in [2.75, 3.05) is 52.9 Å². The van der Waals surface area contributed by atoms with Crippen LogP contribution in [0.4, 0.5) is 0 Å². The molecule has 1 aliphatic heterocycles. The molecular formula is C34H40ClN3O3. The summed E-state index contributed by atoms with van der Waals surface area (Å²) in [7, 11) is 1.65. The second-order valence-corrected chi connectivity index (χ2v) is 11.8. The maximum atomic E-state index is 13.5. The maximum absolute atomic E-state index is 13.5. The molecule has 0 radical (unpaired) electrons. The fourth-order valence-corrected chi connectivity index (χ4v) is 5.11. The second kappa shape index (κ2) is 13.8. The van der Waals surface area contributed by atoms with Crippen LogP contribution >= 0.6 is 11.6 Å². The number of methoxy groups -OCH3 is 1. The van der Waals surface area contributed by atoms with Gasteiger partial charge < -0.3 is 14.5 Å². The number of hydrogen-bond acceptors (Lipinski definition) is 4. The molecule has 3 aromatic carbocycles. The van der Waals surface area contributed by atoms with Crippen molar-refractivity contribution in [2.24, 2.45) is 0 Å². The smallest absolute Gasteiger partial charge is 0.254 e. The van der Waals surface area contributed by atoms with Crippen LogP contribution in [-0.2, 0) is 5.41 Å². The van der Waals surface area contributed by atoms with Gasteiger partial charge in [0.1, 0.15) is 5.75 Å². The molecule has 1 fully saturated rings. The quantitative estimate of drug-likeness (QED) is 0.303. The van der Waals surface area contributed by atoms with E-state index in [2.05, 4.69) is 37.8 Å². The third-order valence-electron chi connectivity index (χ3n) is 7.46. The van der Waals surface area contributed by atoms with E-state index in [4.69, 9.17) is 16.3 Å². The van der Waals surface area contributed by atoms with Gasteiger partial charge in [-0.25, -0.2) is 0 Å². The number of amides is 2. The van der Waals surface area contributed by atoms with Gasteiger partial charge >= 0.3 is 0 Å². The Bertz CT molecular complexity index is 1360. The lowest BCUT2D eigenvalue weighted by Crippen LogP contribution is -2.50. The lowest BCUT2D eigenvalue weighted by atomic mass is 9.86. The minimum atomic E-state index is -0.0651. The molecule has 0 spiro atoms. The molecule has 1 saturated heterocycles. The molecule has 0 aromatic heterocycles. The van der Waals surface area contributed by atoms with Gasteiger partial charge in [0.05, 0.1) is 7.11 Å². The Morgan fingerprint density at radius 3 is 2.29 bits per heavy atom. The molecule has 0 N–H and O–H groups in total. The first-order valence-corrected chi connectivity index (χ1v) is 14.5. The van der Waals surface area contributed by atoms with E-state index in [0.29, 0.717) is 36.8 Å². The molecule has 3 aromatic rings. The second-order valence-electron chi connectivity index (χ2n) is 11.4. The lowest BCUT2D eigenvalue weighted by molar-refractivity contribution is 0.0609. The molecule has 1 heterocycles. The zero-order chi connectivity index (χ0) is 29.4. The molecule has 4 rings (SSSR count). The first kappa shape index (κ1) is 30.4. The van der Waals surface area contributed by atoms with Crippen LogP contribution < -0.4 is 4.74 Å². The van der Waals surface area contributed by atoms with Crippen molar-refractivity contribution in [3.05, 3.63) is 106 Å². The van der Waals surface area contributed by atoms with Crippen LogP contribution in [0.1, 0.15) is 52.6 Å². The Balaban J connectivity index is 1.36. The van der Waals surface area contributed by atoms with Crippen molar-refractivity contribution in [2.45, 2.75) is 26.2 Å². The molecule has 0 bridgehead atoms. The Morgan fingerprint density at radius 2 is 1.63 bits per heavy atom. The topological polar surface area (TPSA) is 53.1 Å². The Kier molecular flexibility index (Phi) is 10.2. The highest BCUT2D eigenvalue weighted by Gasteiger charge is 2.24. The molecule has 41 heavy (non-hydrogen) atoms. The number of rotatable bonds is 9. The molecule has 0 saturated carbocycles. The van der Waals surface area contributed by atoms with Crippen molar-refractivity contribution in [3.8, 4) is 5.75 Å². The van der Waals surface area contributed by atoms with E-state index in [1.54, 1.807) is 31.4 Å². The molecule has 7 heteroatoms. The van der Waals surface area contributed by atoms with Gasteiger partial charge in [-0.1, -0.05) is 80.9 Å². The minimum absolute atomic E-state index is 0.0550. The van der Waals surface area contributed by atoms with Gasteiger partial charge in [-0.2, -0.15) is 0 Å². The molecule has 0 atom stereocenters. The summed E-state index contributed by atoms with van der Waals surface area (Å²) in [6.07, 6.45) is 3.97. The number of benzene rings is 3. The molecule has 0 aliphatic carbocycles. The Labute approximate surface area is 249 Å². The molecule has 216 valence electrons. The maximum Gasteiger partial charge on any atom is 0.254 e. The number of carbonyl (C=O) groups is 2. The highest BCUT2D eigenvalue weighted by atomic mass is 35.5. The van der Waals surface area contributed by atoms with E-state index in [1.165, 1.54) is 5.56 Å². The summed E-state index contributed by atoms with van der Waals surface area (Å²) in [4.78, 5) is 32.6. The zero-order valence-corrected chi connectivity index (χ0v) is 25.2. The van der Waals surface area contributed by atoms with Gasteiger partial charge in [-0.3, -0.25) is 14.5 Å². The molecule has 6 nitrogen and oxygen atoms in total. The first-order valence-electron chi connectivity index (χ1n) is 14.1. The predicted molar refractivity (Wildman–Crippen MR) is 167 cm³/mol. The first-order chi connectivity index (χ1) is 19.7. The number of nitrogens with zero attached hydrogens (tertiary/aromatic N) is 3. The van der Waals surface area contributed by atoms with Gasteiger partial charge in [0.2, 0.25) is 0 Å². The highest BCUT2D eigenvalue weighted by molar-refractivity contribution is 6.30. The fourth-order valence-electron chi connectivity index (χ4n) is 4.92. The van der Waals surface area contributed by atoms with Crippen molar-refractivity contribution >= 4 is 29.5 Å². The molecule has 0 unspecified atom stereocenters. The lowest BCUT2D eigenvalue weighted by Gasteiger charge is -2.36. The summed E-state index contributed by atoms with van der Waals surface area (Å²) < 4.78 is 5.45. The summed E-state index contributed by atoms with van der Waals surface area (Å²) in [5.74, 6) is 0.795. The summed E-state index contributed by atoms with van der Waals surface area (Å²) in [6, 6.07) is 22.8. The van der Waals surface area contributed by atoms with Crippen LogP contribution in [0.25, 0.3) is 6.08 Å². The van der Waals surface area contributed by atoms with E-state index in [-0.39, 0.29) is 17.2 Å². The van der Waals surface area contributed by atoms with Gasteiger partial charge in [0, 0.05) is 67.5 Å². The SMILES string of the molecule is COc1ccccc1/C=C/CN(CCN1CCN(C(=O)c2ccc(C(C)(C)C)cc2)CC1)C(=O)c1cccc(Cl)c1. The van der Waals surface area contributed by atoms with Crippen LogP contribution in [0.2, 0.25) is 5.02 Å². The molecular weight excluding hydrogens is 534 g/mol. The normalized spacial score (nSPS) is 14.3. The van der Waals surface area contributed by atoms with Crippen molar-refractivity contribution < 1.29 is 14.3 Å². The van der Waals surface area contributed by atoms with Gasteiger partial charge in [0.15, 0.2) is 0 Å². The standard InChI is InChI=1S/C34H40ClN3O3/c1-34(2,3)29-16-14-27(15-17-29)32(39)38-23-20-36(21-24-38)19-22-37(33(40)28-10-7-12-30(35)25-28)18-8-11-26-9-5-6-13-31(26)41-4/h5-17,25H,18-24H2,1-4H3/b11-8+. The van der Waals surface area contributed by atoms with E-state index in [0.717, 1.165) is 36.5 Å². The van der Waals surface area contributed by atoms with E-state index in [9.17, 15) is 9.59 Å². The van der Waals surface area contributed by atoms with Crippen LogP contribution in [0, 0.1) is 0 Å². The van der Waals surface area contributed by atoms with Crippen LogP contribution in [-0.4, -0.2) is 79.4 Å². The van der Waals surface area contributed by atoms with Gasteiger partial charge in [0.25, 0.3) is 11.8 Å². The monoisotopic (exact) mass is 573 g/mol. The summed E-state index contributed by atoms with van der Waals surface area (Å²) >= 11 is 6.18. The zero-order valence-electron chi connectivity index (χ0n) is 24.5. The Morgan fingerprint density at radius 1 is 0.927 bits per heavy atom. The van der Waals surface area contributed by atoms with E-state index in [1.807, 2.05) is 58.4 Å². The van der Waals surface area contributed by atoms with Gasteiger partial charge in [-0.15, -0.1) is 0 Å². The minimum Gasteiger partial charge on any atom is -0.496 e. The summed E-state index contributed by atoms with van der Waals surface area (Å²) in [5.41, 5.74) is 3.52. The van der Waals surface area contributed by atoms with Crippen LogP contribution in [0.3, 0.4) is 0 Å². The van der Waals surface area contributed by atoms with Crippen LogP contribution in [0.5, 0.6) is 5.75 Å². The number of carbonyl (C=O) groups excluding carboxylic acids is 2. The number of hydrogen-bond donors (Lipinski definition) is 0. The average Bonchev–Trinajstić information content (AvgIpc) is 2.98. The van der Waals surface area contributed by atoms with E-state index >= 15 is 0 Å². The Hall–Kier alpha value is -3.61. The van der Waals surface area contributed by atoms with Crippen molar-refractivity contribution in [1.82, 2.24) is 14.7 Å². The third-order valence-corrected chi connectivity index (χ3v) is 7.70. The van der Waals surface area contributed by atoms with Crippen molar-refractivity contribution in [1.29, 1.82) is 0 Å². The predicted octanol–water partition coefficient (Wildman–Crippen LogP) is 6.26. The molecule has 2 amide bonds. The fraction of sp³-hybridized carbons (Fsp3) is 0.353. The third kappa shape index (κ3) is 8.21. The van der Waals surface area contributed by atoms with Crippen LogP contribution in [0.15, 0.2) is 78.9 Å². The molecule has 1 aliphatic rings. The van der Waals surface area contributed by atoms with Gasteiger partial charge in [-0.05, 0) is 47.4 Å². The van der Waals surface area contributed by atoms with E-state index < -0.39 is 0 Å². The number of piperazine rings is 1. The highest BCUT2D eigenvalue weighted by Crippen LogP contribution is 2.23. The number of para-hydroxylation sites is 1. The van der Waals surface area contributed by atoms with Crippen molar-refractivity contribution in [3.63, 3.8) is 0 Å². The largest absolute Gasteiger partial charge is 0.496 e. The average molecular weight is 574 g/mol. The number of halogens is 1. The summed E-state index contributed by atoms with van der Waals surface area (Å²) in [6.45, 7) is 11.1. The number of ether oxygens (including phenoxy) is 1.